The van der Waals surface area contributed by atoms with Gasteiger partial charge in [-0.25, -0.2) is 0 Å². The summed E-state index contributed by atoms with van der Waals surface area (Å²) >= 11 is 0. The van der Waals surface area contributed by atoms with E-state index in [-0.39, 0.29) is 0 Å². The van der Waals surface area contributed by atoms with Gasteiger partial charge in [0.05, 0.1) is 0 Å². The second-order valence-corrected chi connectivity index (χ2v) is 3.76. The molecule has 1 nitrogen and oxygen atoms in total. The Balaban J connectivity index is 1.75. The number of nitrogens with one attached hydrogen (secondary N) is 1. The Hall–Kier alpha value is -0.300. The molecule has 0 heterocycles. The van der Waals surface area contributed by atoms with Crippen LogP contribution in [0.15, 0.2) is 12.2 Å². The van der Waals surface area contributed by atoms with Crippen LogP contribution in [-0.4, -0.2) is 12.1 Å². The van der Waals surface area contributed by atoms with E-state index in [9.17, 15) is 0 Å². The van der Waals surface area contributed by atoms with E-state index in [1.54, 1.807) is 0 Å². The summed E-state index contributed by atoms with van der Waals surface area (Å²) < 4.78 is 0. The highest BCUT2D eigenvalue weighted by atomic mass is 15.0. The lowest BCUT2D eigenvalue weighted by molar-refractivity contribution is 0.311. The average molecular weight is 151 g/mol. The zero-order valence-electron chi connectivity index (χ0n) is 7.05. The van der Waals surface area contributed by atoms with E-state index < -0.39 is 0 Å². The lowest BCUT2D eigenvalue weighted by Crippen LogP contribution is -2.41. The van der Waals surface area contributed by atoms with Crippen molar-refractivity contribution in [3.63, 3.8) is 0 Å². The molecule has 1 fully saturated rings. The average Bonchev–Trinajstić information content (AvgIpc) is 1.99. The summed E-state index contributed by atoms with van der Waals surface area (Å²) in [6.45, 7) is 0. The van der Waals surface area contributed by atoms with E-state index in [1.165, 1.54) is 38.5 Å². The van der Waals surface area contributed by atoms with Crippen molar-refractivity contribution in [3.8, 4) is 0 Å². The molecule has 2 aliphatic rings. The van der Waals surface area contributed by atoms with Crippen LogP contribution in [0.4, 0.5) is 0 Å². The predicted octanol–water partition coefficient (Wildman–Crippen LogP) is 2.24. The third kappa shape index (κ3) is 1.84. The van der Waals surface area contributed by atoms with Crippen LogP contribution in [0.3, 0.4) is 0 Å². The molecule has 0 aromatic rings. The molecule has 1 heteroatoms. The van der Waals surface area contributed by atoms with Gasteiger partial charge in [0.1, 0.15) is 0 Å². The summed E-state index contributed by atoms with van der Waals surface area (Å²) in [5.41, 5.74) is 0. The summed E-state index contributed by atoms with van der Waals surface area (Å²) in [6.07, 6.45) is 12.9. The van der Waals surface area contributed by atoms with Gasteiger partial charge in [-0.15, -0.1) is 0 Å². The van der Waals surface area contributed by atoms with E-state index in [1.807, 2.05) is 0 Å². The molecule has 1 N–H and O–H groups in total. The molecule has 11 heavy (non-hydrogen) atoms. The van der Waals surface area contributed by atoms with Gasteiger partial charge in [0.15, 0.2) is 0 Å². The molecule has 0 radical (unpaired) electrons. The summed E-state index contributed by atoms with van der Waals surface area (Å²) in [5.74, 6) is 0. The first-order valence-electron chi connectivity index (χ1n) is 4.88. The Morgan fingerprint density at radius 1 is 1.09 bits per heavy atom. The van der Waals surface area contributed by atoms with Crippen LogP contribution in [0, 0.1) is 0 Å². The van der Waals surface area contributed by atoms with Crippen molar-refractivity contribution in [1.82, 2.24) is 5.32 Å². The van der Waals surface area contributed by atoms with Gasteiger partial charge in [0.2, 0.25) is 0 Å². The molecule has 0 amide bonds. The van der Waals surface area contributed by atoms with Gasteiger partial charge in [-0.1, -0.05) is 18.6 Å². The van der Waals surface area contributed by atoms with Crippen molar-refractivity contribution in [2.45, 2.75) is 50.6 Å². The fraction of sp³-hybridized carbons (Fsp3) is 0.800. The second kappa shape index (κ2) is 3.40. The SMILES string of the molecule is C1=CC(NC2CCC2)CCC1. The number of rotatable bonds is 2. The van der Waals surface area contributed by atoms with Gasteiger partial charge in [-0.3, -0.25) is 0 Å². The van der Waals surface area contributed by atoms with Gasteiger partial charge in [-0.05, 0) is 32.1 Å². The van der Waals surface area contributed by atoms with Crippen LogP contribution in [0.25, 0.3) is 0 Å². The van der Waals surface area contributed by atoms with Crippen LogP contribution in [0.1, 0.15) is 38.5 Å². The van der Waals surface area contributed by atoms with Crippen LogP contribution in [0.5, 0.6) is 0 Å². The van der Waals surface area contributed by atoms with Crippen LogP contribution < -0.4 is 5.32 Å². The minimum absolute atomic E-state index is 0.703. The summed E-state index contributed by atoms with van der Waals surface area (Å²) in [5, 5.41) is 3.67. The first-order valence-corrected chi connectivity index (χ1v) is 4.88. The smallest absolute Gasteiger partial charge is 0.0252 e. The van der Waals surface area contributed by atoms with Gasteiger partial charge in [0.25, 0.3) is 0 Å². The molecule has 0 aromatic heterocycles. The molecule has 0 spiro atoms. The molecular formula is C10H17N. The van der Waals surface area contributed by atoms with E-state index in [4.69, 9.17) is 0 Å². The summed E-state index contributed by atoms with van der Waals surface area (Å²) in [6, 6.07) is 1.55. The largest absolute Gasteiger partial charge is 0.308 e. The maximum Gasteiger partial charge on any atom is 0.0252 e. The first kappa shape index (κ1) is 7.35. The maximum absolute atomic E-state index is 3.67. The number of hydrogen-bond acceptors (Lipinski definition) is 1. The van der Waals surface area contributed by atoms with Gasteiger partial charge in [-0.2, -0.15) is 0 Å². The van der Waals surface area contributed by atoms with Gasteiger partial charge < -0.3 is 5.32 Å². The molecule has 0 aliphatic heterocycles. The van der Waals surface area contributed by atoms with E-state index >= 15 is 0 Å². The zero-order valence-corrected chi connectivity index (χ0v) is 7.05. The topological polar surface area (TPSA) is 12.0 Å². The lowest BCUT2D eigenvalue weighted by atomic mass is 9.91. The fourth-order valence-electron chi connectivity index (χ4n) is 1.83. The molecule has 2 rings (SSSR count). The molecule has 2 aliphatic carbocycles. The molecule has 1 saturated carbocycles. The summed E-state index contributed by atoms with van der Waals surface area (Å²) in [7, 11) is 0. The zero-order chi connectivity index (χ0) is 7.52. The minimum atomic E-state index is 0.703. The Morgan fingerprint density at radius 2 is 2.00 bits per heavy atom. The van der Waals surface area contributed by atoms with Crippen LogP contribution >= 0.6 is 0 Å². The molecular weight excluding hydrogens is 134 g/mol. The molecule has 1 unspecified atom stereocenters. The van der Waals surface area contributed by atoms with Crippen molar-refractivity contribution in [2.24, 2.45) is 0 Å². The van der Waals surface area contributed by atoms with Crippen LogP contribution in [0.2, 0.25) is 0 Å². The molecule has 0 bridgehead atoms. The second-order valence-electron chi connectivity index (χ2n) is 3.76. The first-order chi connectivity index (χ1) is 5.45. The van der Waals surface area contributed by atoms with E-state index in [2.05, 4.69) is 17.5 Å². The van der Waals surface area contributed by atoms with Crippen molar-refractivity contribution < 1.29 is 0 Å². The maximum atomic E-state index is 3.67. The fourth-order valence-corrected chi connectivity index (χ4v) is 1.83. The van der Waals surface area contributed by atoms with E-state index in [0.29, 0.717) is 6.04 Å². The molecule has 0 aromatic carbocycles. The lowest BCUT2D eigenvalue weighted by Gasteiger charge is -2.31. The highest BCUT2D eigenvalue weighted by molar-refractivity contribution is 4.99. The van der Waals surface area contributed by atoms with Crippen LogP contribution in [-0.2, 0) is 0 Å². The summed E-state index contributed by atoms with van der Waals surface area (Å²) in [4.78, 5) is 0. The quantitative estimate of drug-likeness (QED) is 0.597. The van der Waals surface area contributed by atoms with Gasteiger partial charge in [0, 0.05) is 12.1 Å². The monoisotopic (exact) mass is 151 g/mol. The Bertz CT molecular complexity index is 147. The van der Waals surface area contributed by atoms with Gasteiger partial charge >= 0.3 is 0 Å². The third-order valence-corrected chi connectivity index (χ3v) is 2.81. The standard InChI is InChI=1S/C10H17N/c1-2-5-9(6-3-1)11-10-7-4-8-10/h2,5,9-11H,1,3-4,6-8H2. The molecule has 0 saturated heterocycles. The molecule has 1 atom stereocenters. The normalized spacial score (nSPS) is 31.8. The van der Waals surface area contributed by atoms with Crippen molar-refractivity contribution in [3.05, 3.63) is 12.2 Å². The van der Waals surface area contributed by atoms with Crippen molar-refractivity contribution >= 4 is 0 Å². The Morgan fingerprint density at radius 3 is 2.55 bits per heavy atom. The molecule has 62 valence electrons. The predicted molar refractivity (Wildman–Crippen MR) is 47.6 cm³/mol. The third-order valence-electron chi connectivity index (χ3n) is 2.81. The van der Waals surface area contributed by atoms with Crippen molar-refractivity contribution in [1.29, 1.82) is 0 Å². The minimum Gasteiger partial charge on any atom is -0.308 e. The van der Waals surface area contributed by atoms with E-state index in [0.717, 1.165) is 6.04 Å². The number of hydrogen-bond donors (Lipinski definition) is 1. The highest BCUT2D eigenvalue weighted by Crippen LogP contribution is 2.20. The Kier molecular flexibility index (Phi) is 2.27. The Labute approximate surface area is 68.9 Å². The number of allylic oxidation sites excluding steroid dienone is 1. The highest BCUT2D eigenvalue weighted by Gasteiger charge is 2.19. The van der Waals surface area contributed by atoms with Crippen molar-refractivity contribution in [2.75, 3.05) is 0 Å².